The molecule has 0 unspecified atom stereocenters. The molecule has 1 N–H and O–H groups in total. The predicted molar refractivity (Wildman–Crippen MR) is 51.2 cm³/mol. The summed E-state index contributed by atoms with van der Waals surface area (Å²) in [5.74, 6) is -1.23. The van der Waals surface area contributed by atoms with Gasteiger partial charge in [0, 0.05) is 10.0 Å². The normalized spacial score (nSPS) is 9.14. The fraction of sp³-hybridized carbons (Fsp3) is 0. The van der Waals surface area contributed by atoms with Gasteiger partial charge in [0.2, 0.25) is 0 Å². The Morgan fingerprint density at radius 1 is 1.57 bits per heavy atom. The highest BCUT2D eigenvalue weighted by Gasteiger charge is 2.14. The molecule has 5 heteroatoms. The molecule has 0 atom stereocenters. The highest BCUT2D eigenvalue weighted by molar-refractivity contribution is 9.10. The van der Waals surface area contributed by atoms with Crippen molar-refractivity contribution in [1.82, 2.24) is 0 Å². The molecule has 0 aromatic heterocycles. The Balaban J connectivity index is 3.53. The average molecular weight is 254 g/mol. The van der Waals surface area contributed by atoms with Crippen LogP contribution in [0.3, 0.4) is 0 Å². The van der Waals surface area contributed by atoms with Crippen LogP contribution in [0.2, 0.25) is 0 Å². The smallest absolute Gasteiger partial charge is 0.337 e. The first kappa shape index (κ1) is 10.4. The van der Waals surface area contributed by atoms with E-state index in [-0.39, 0.29) is 16.7 Å². The van der Waals surface area contributed by atoms with E-state index in [1.807, 2.05) is 0 Å². The van der Waals surface area contributed by atoms with E-state index in [2.05, 4.69) is 15.9 Å². The summed E-state index contributed by atoms with van der Waals surface area (Å²) < 4.78 is 0.307. The topological polar surface area (TPSA) is 78.2 Å². The average Bonchev–Trinajstić information content (AvgIpc) is 2.16. The van der Waals surface area contributed by atoms with Gasteiger partial charge in [-0.25, -0.2) is 4.79 Å². The second kappa shape index (κ2) is 4.03. The fourth-order valence-corrected chi connectivity index (χ4v) is 1.54. The molecule has 0 saturated carbocycles. The van der Waals surface area contributed by atoms with Crippen molar-refractivity contribution in [2.45, 2.75) is 0 Å². The van der Waals surface area contributed by atoms with E-state index in [1.54, 1.807) is 6.07 Å². The quantitative estimate of drug-likeness (QED) is 0.816. The van der Waals surface area contributed by atoms with E-state index in [0.29, 0.717) is 10.8 Å². The van der Waals surface area contributed by atoms with Gasteiger partial charge in [0.15, 0.2) is 0 Å². The lowest BCUT2D eigenvalue weighted by Gasteiger charge is -2.01. The third-order valence-electron chi connectivity index (χ3n) is 1.59. The molecule has 1 rings (SSSR count). The summed E-state index contributed by atoms with van der Waals surface area (Å²) in [6.07, 6.45) is 0.526. The summed E-state index contributed by atoms with van der Waals surface area (Å²) in [5.41, 5.74) is 0.0559. The van der Waals surface area contributed by atoms with Crippen LogP contribution in [-0.4, -0.2) is 17.4 Å². The van der Waals surface area contributed by atoms with Crippen LogP contribution in [0.4, 0.5) is 0 Å². The minimum atomic E-state index is -1.23. The van der Waals surface area contributed by atoms with Gasteiger partial charge in [0.25, 0.3) is 0 Å². The van der Waals surface area contributed by atoms with Gasteiger partial charge in [0.1, 0.15) is 12.4 Å². The molecule has 0 spiro atoms. The van der Waals surface area contributed by atoms with Gasteiger partial charge >= 0.3 is 5.97 Å². The second-order valence-corrected chi connectivity index (χ2v) is 3.31. The Kier molecular flexibility index (Phi) is 2.99. The van der Waals surface area contributed by atoms with E-state index >= 15 is 0 Å². The number of aromatic carboxylic acids is 1. The molecule has 14 heavy (non-hydrogen) atoms. The Hall–Kier alpha value is -1.67. The van der Waals surface area contributed by atoms with Crippen LogP contribution < -0.4 is 0 Å². The van der Waals surface area contributed by atoms with E-state index in [9.17, 15) is 9.59 Å². The highest BCUT2D eigenvalue weighted by Crippen LogP contribution is 2.21. The van der Waals surface area contributed by atoms with Crippen LogP contribution in [0.5, 0.6) is 0 Å². The van der Waals surface area contributed by atoms with Gasteiger partial charge in [0.05, 0.1) is 11.1 Å². The van der Waals surface area contributed by atoms with Crippen LogP contribution in [0, 0.1) is 11.3 Å². The molecular formula is C9H4BrNO3. The van der Waals surface area contributed by atoms with Gasteiger partial charge in [-0.2, -0.15) is 5.26 Å². The van der Waals surface area contributed by atoms with Crippen LogP contribution in [0.1, 0.15) is 26.3 Å². The number of hydrogen-bond donors (Lipinski definition) is 1. The maximum atomic E-state index is 10.7. The second-order valence-electron chi connectivity index (χ2n) is 2.46. The summed E-state index contributed by atoms with van der Waals surface area (Å²) in [5, 5.41) is 17.4. The number of carbonyl (C=O) groups excluding carboxylic acids is 1. The number of hydrogen-bond acceptors (Lipinski definition) is 3. The van der Waals surface area contributed by atoms with E-state index in [1.165, 1.54) is 12.1 Å². The van der Waals surface area contributed by atoms with Crippen molar-refractivity contribution < 1.29 is 14.7 Å². The van der Waals surface area contributed by atoms with Crippen molar-refractivity contribution in [1.29, 1.82) is 5.26 Å². The number of halogens is 1. The van der Waals surface area contributed by atoms with E-state index in [0.717, 1.165) is 0 Å². The zero-order valence-corrected chi connectivity index (χ0v) is 8.41. The molecule has 1 aromatic rings. The minimum absolute atomic E-state index is 0.0168. The number of rotatable bonds is 2. The first-order chi connectivity index (χ1) is 6.60. The SMILES string of the molecule is N#Cc1c(Br)cc(C=O)cc1C(=O)O. The van der Waals surface area contributed by atoms with Crippen LogP contribution in [0.25, 0.3) is 0 Å². The molecule has 0 aliphatic rings. The molecular weight excluding hydrogens is 250 g/mol. The van der Waals surface area contributed by atoms with Gasteiger partial charge in [-0.3, -0.25) is 4.79 Å². The van der Waals surface area contributed by atoms with Crippen molar-refractivity contribution in [2.24, 2.45) is 0 Å². The maximum Gasteiger partial charge on any atom is 0.337 e. The van der Waals surface area contributed by atoms with Gasteiger partial charge < -0.3 is 5.11 Å². The Bertz CT molecular complexity index is 448. The van der Waals surface area contributed by atoms with Crippen LogP contribution in [-0.2, 0) is 0 Å². The van der Waals surface area contributed by atoms with Crippen molar-refractivity contribution >= 4 is 28.2 Å². The number of nitriles is 1. The first-order valence-electron chi connectivity index (χ1n) is 3.52. The Morgan fingerprint density at radius 3 is 2.64 bits per heavy atom. The molecule has 70 valence electrons. The van der Waals surface area contributed by atoms with E-state index < -0.39 is 5.97 Å². The highest BCUT2D eigenvalue weighted by atomic mass is 79.9. The number of carbonyl (C=O) groups is 2. The third-order valence-corrected chi connectivity index (χ3v) is 2.22. The number of benzene rings is 1. The number of carboxylic acid groups (broad SMARTS) is 1. The standard InChI is InChI=1S/C9H4BrNO3/c10-8-2-5(4-12)1-6(9(13)14)7(8)3-11/h1-2,4H,(H,13,14). The summed E-state index contributed by atoms with van der Waals surface area (Å²) in [6, 6.07) is 4.32. The van der Waals surface area contributed by atoms with Crippen molar-refractivity contribution in [2.75, 3.05) is 0 Å². The predicted octanol–water partition coefficient (Wildman–Crippen LogP) is 1.83. The first-order valence-corrected chi connectivity index (χ1v) is 4.31. The monoisotopic (exact) mass is 253 g/mol. The van der Waals surface area contributed by atoms with E-state index in [4.69, 9.17) is 10.4 Å². The minimum Gasteiger partial charge on any atom is -0.478 e. The number of carboxylic acids is 1. The molecule has 0 bridgehead atoms. The van der Waals surface area contributed by atoms with Crippen molar-refractivity contribution in [3.8, 4) is 6.07 Å². The molecule has 0 radical (unpaired) electrons. The molecule has 0 saturated heterocycles. The summed E-state index contributed by atoms with van der Waals surface area (Å²) >= 11 is 3.02. The summed E-state index contributed by atoms with van der Waals surface area (Å²) in [7, 11) is 0. The lowest BCUT2D eigenvalue weighted by molar-refractivity contribution is 0.0696. The van der Waals surface area contributed by atoms with Crippen molar-refractivity contribution in [3.63, 3.8) is 0 Å². The van der Waals surface area contributed by atoms with Gasteiger partial charge in [-0.15, -0.1) is 0 Å². The summed E-state index contributed by atoms with van der Waals surface area (Å²) in [4.78, 5) is 21.1. The third kappa shape index (κ3) is 1.80. The molecule has 4 nitrogen and oxygen atoms in total. The van der Waals surface area contributed by atoms with Gasteiger partial charge in [-0.05, 0) is 28.1 Å². The Labute approximate surface area is 87.9 Å². The molecule has 0 amide bonds. The maximum absolute atomic E-state index is 10.7. The number of nitrogens with zero attached hydrogens (tertiary/aromatic N) is 1. The fourth-order valence-electron chi connectivity index (χ4n) is 0.978. The largest absolute Gasteiger partial charge is 0.478 e. The number of aldehydes is 1. The van der Waals surface area contributed by atoms with Crippen molar-refractivity contribution in [3.05, 3.63) is 33.3 Å². The molecule has 0 aliphatic carbocycles. The van der Waals surface area contributed by atoms with Crippen LogP contribution >= 0.6 is 15.9 Å². The lowest BCUT2D eigenvalue weighted by Crippen LogP contribution is -2.02. The molecule has 0 heterocycles. The van der Waals surface area contributed by atoms with Gasteiger partial charge in [-0.1, -0.05) is 0 Å². The molecule has 0 fully saturated rings. The Morgan fingerprint density at radius 2 is 2.21 bits per heavy atom. The zero-order chi connectivity index (χ0) is 10.7. The van der Waals surface area contributed by atoms with Crippen LogP contribution in [0.15, 0.2) is 16.6 Å². The zero-order valence-electron chi connectivity index (χ0n) is 6.82. The lowest BCUT2D eigenvalue weighted by atomic mass is 10.1. The summed E-state index contributed by atoms with van der Waals surface area (Å²) in [6.45, 7) is 0. The molecule has 1 aromatic carbocycles. The molecule has 0 aliphatic heterocycles.